The summed E-state index contributed by atoms with van der Waals surface area (Å²) in [7, 11) is 0. The van der Waals surface area contributed by atoms with E-state index in [1.807, 2.05) is 79.7 Å². The fraction of sp³-hybridized carbons (Fsp3) is 0.158. The lowest BCUT2D eigenvalue weighted by Gasteiger charge is -2.30. The first-order valence-electron chi connectivity index (χ1n) is 6.81. The van der Waals surface area contributed by atoms with Crippen LogP contribution in [-0.2, 0) is 5.60 Å². The van der Waals surface area contributed by atoms with Crippen molar-refractivity contribution in [1.29, 1.82) is 0 Å². The monoisotopic (exact) mass is 264 g/mol. The second-order valence-electron chi connectivity index (χ2n) is 4.96. The Morgan fingerprint density at radius 2 is 1.55 bits per heavy atom. The van der Waals surface area contributed by atoms with Crippen molar-refractivity contribution in [3.8, 4) is 0 Å². The molecule has 2 atom stereocenters. The van der Waals surface area contributed by atoms with Gasteiger partial charge in [-0.05, 0) is 17.2 Å². The number of benzene rings is 2. The van der Waals surface area contributed by atoms with Crippen LogP contribution in [0.2, 0.25) is 0 Å². The summed E-state index contributed by atoms with van der Waals surface area (Å²) >= 11 is 0. The van der Waals surface area contributed by atoms with E-state index in [4.69, 9.17) is 0 Å². The SMILES string of the molecule is C=C[C@@H](C)[C@@](O)(/C=C/c1ccccc1)c1ccccc1. The van der Waals surface area contributed by atoms with Crippen LogP contribution in [0.1, 0.15) is 18.1 Å². The normalized spacial score (nSPS) is 15.7. The van der Waals surface area contributed by atoms with Crippen LogP contribution in [0, 0.1) is 5.92 Å². The van der Waals surface area contributed by atoms with E-state index < -0.39 is 5.60 Å². The van der Waals surface area contributed by atoms with Crippen LogP contribution in [0.15, 0.2) is 79.4 Å². The molecule has 0 amide bonds. The average molecular weight is 264 g/mol. The molecular formula is C19H20O. The molecule has 0 radical (unpaired) electrons. The highest BCUT2D eigenvalue weighted by molar-refractivity contribution is 5.51. The first-order valence-corrected chi connectivity index (χ1v) is 6.81. The highest BCUT2D eigenvalue weighted by Gasteiger charge is 2.30. The van der Waals surface area contributed by atoms with Gasteiger partial charge in [-0.25, -0.2) is 0 Å². The molecule has 0 heterocycles. The summed E-state index contributed by atoms with van der Waals surface area (Å²) in [4.78, 5) is 0. The lowest BCUT2D eigenvalue weighted by atomic mass is 9.81. The summed E-state index contributed by atoms with van der Waals surface area (Å²) < 4.78 is 0. The Morgan fingerprint density at radius 1 is 1.00 bits per heavy atom. The van der Waals surface area contributed by atoms with Crippen molar-refractivity contribution in [1.82, 2.24) is 0 Å². The Morgan fingerprint density at radius 3 is 2.10 bits per heavy atom. The van der Waals surface area contributed by atoms with Gasteiger partial charge in [0.2, 0.25) is 0 Å². The van der Waals surface area contributed by atoms with E-state index >= 15 is 0 Å². The van der Waals surface area contributed by atoms with Gasteiger partial charge in [0, 0.05) is 5.92 Å². The van der Waals surface area contributed by atoms with Crippen LogP contribution in [0.3, 0.4) is 0 Å². The van der Waals surface area contributed by atoms with Gasteiger partial charge >= 0.3 is 0 Å². The van der Waals surface area contributed by atoms with E-state index in [0.29, 0.717) is 0 Å². The Balaban J connectivity index is 2.38. The van der Waals surface area contributed by atoms with E-state index in [1.54, 1.807) is 6.08 Å². The molecule has 102 valence electrons. The molecule has 0 saturated heterocycles. The van der Waals surface area contributed by atoms with Gasteiger partial charge in [-0.3, -0.25) is 0 Å². The molecule has 1 nitrogen and oxygen atoms in total. The van der Waals surface area contributed by atoms with Gasteiger partial charge in [0.15, 0.2) is 0 Å². The van der Waals surface area contributed by atoms with Crippen molar-refractivity contribution in [2.45, 2.75) is 12.5 Å². The van der Waals surface area contributed by atoms with Crippen LogP contribution in [0.4, 0.5) is 0 Å². The fourth-order valence-corrected chi connectivity index (χ4v) is 2.18. The smallest absolute Gasteiger partial charge is 0.114 e. The number of hydrogen-bond donors (Lipinski definition) is 1. The summed E-state index contributed by atoms with van der Waals surface area (Å²) in [6.45, 7) is 5.78. The maximum atomic E-state index is 11.1. The van der Waals surface area contributed by atoms with E-state index in [-0.39, 0.29) is 5.92 Å². The zero-order valence-corrected chi connectivity index (χ0v) is 11.7. The first-order chi connectivity index (χ1) is 9.66. The largest absolute Gasteiger partial charge is 0.380 e. The van der Waals surface area contributed by atoms with E-state index in [0.717, 1.165) is 11.1 Å². The number of hydrogen-bond acceptors (Lipinski definition) is 1. The van der Waals surface area contributed by atoms with Gasteiger partial charge in [-0.2, -0.15) is 0 Å². The summed E-state index contributed by atoms with van der Waals surface area (Å²) in [5.41, 5.74) is 0.900. The van der Waals surface area contributed by atoms with Crippen LogP contribution < -0.4 is 0 Å². The number of rotatable bonds is 5. The Hall–Kier alpha value is -2.12. The molecule has 0 bridgehead atoms. The molecular weight excluding hydrogens is 244 g/mol. The zero-order chi connectivity index (χ0) is 14.4. The van der Waals surface area contributed by atoms with Gasteiger partial charge < -0.3 is 5.11 Å². The molecule has 0 aliphatic heterocycles. The van der Waals surface area contributed by atoms with E-state index in [1.165, 1.54) is 0 Å². The van der Waals surface area contributed by atoms with Gasteiger partial charge in [-0.1, -0.05) is 79.7 Å². The summed E-state index contributed by atoms with van der Waals surface area (Å²) in [5, 5.41) is 11.1. The van der Waals surface area contributed by atoms with Gasteiger partial charge in [0.25, 0.3) is 0 Å². The van der Waals surface area contributed by atoms with E-state index in [2.05, 4.69) is 6.58 Å². The van der Waals surface area contributed by atoms with Crippen molar-refractivity contribution < 1.29 is 5.11 Å². The van der Waals surface area contributed by atoms with Crippen molar-refractivity contribution >= 4 is 6.08 Å². The third kappa shape index (κ3) is 3.06. The minimum atomic E-state index is -1.04. The molecule has 0 fully saturated rings. The average Bonchev–Trinajstić information content (AvgIpc) is 2.53. The van der Waals surface area contributed by atoms with Crippen LogP contribution in [0.5, 0.6) is 0 Å². The Bertz CT molecular complexity index is 571. The van der Waals surface area contributed by atoms with Crippen LogP contribution in [-0.4, -0.2) is 5.11 Å². The van der Waals surface area contributed by atoms with Gasteiger partial charge in [0.1, 0.15) is 5.60 Å². The summed E-state index contributed by atoms with van der Waals surface area (Å²) in [5.74, 6) is -0.0788. The Labute approximate surface area is 120 Å². The lowest BCUT2D eigenvalue weighted by molar-refractivity contribution is 0.0527. The molecule has 0 unspecified atom stereocenters. The van der Waals surface area contributed by atoms with E-state index in [9.17, 15) is 5.11 Å². The fourth-order valence-electron chi connectivity index (χ4n) is 2.18. The van der Waals surface area contributed by atoms with Crippen LogP contribution in [0.25, 0.3) is 6.08 Å². The predicted molar refractivity (Wildman–Crippen MR) is 85.2 cm³/mol. The topological polar surface area (TPSA) is 20.2 Å². The quantitative estimate of drug-likeness (QED) is 0.793. The molecule has 2 aromatic carbocycles. The maximum absolute atomic E-state index is 11.1. The molecule has 0 aromatic heterocycles. The minimum Gasteiger partial charge on any atom is -0.380 e. The zero-order valence-electron chi connectivity index (χ0n) is 11.7. The molecule has 0 aliphatic carbocycles. The molecule has 1 heteroatoms. The van der Waals surface area contributed by atoms with Crippen molar-refractivity contribution in [2.75, 3.05) is 0 Å². The van der Waals surface area contributed by atoms with Crippen LogP contribution >= 0.6 is 0 Å². The second-order valence-corrected chi connectivity index (χ2v) is 4.96. The summed E-state index contributed by atoms with van der Waals surface area (Å²) in [6.07, 6.45) is 5.58. The first kappa shape index (κ1) is 14.3. The summed E-state index contributed by atoms with van der Waals surface area (Å²) in [6, 6.07) is 19.7. The molecule has 0 aliphatic rings. The van der Waals surface area contributed by atoms with Gasteiger partial charge in [-0.15, -0.1) is 6.58 Å². The minimum absolute atomic E-state index is 0.0788. The lowest BCUT2D eigenvalue weighted by Crippen LogP contribution is -2.30. The third-order valence-corrected chi connectivity index (χ3v) is 3.61. The molecule has 2 aromatic rings. The van der Waals surface area contributed by atoms with Crippen molar-refractivity contribution in [2.24, 2.45) is 5.92 Å². The molecule has 2 rings (SSSR count). The highest BCUT2D eigenvalue weighted by Crippen LogP contribution is 2.32. The third-order valence-electron chi connectivity index (χ3n) is 3.61. The van der Waals surface area contributed by atoms with Crippen molar-refractivity contribution in [3.05, 3.63) is 90.5 Å². The standard InChI is InChI=1S/C19H20O/c1-3-16(2)19(20,18-12-8-5-9-13-18)15-14-17-10-6-4-7-11-17/h3-16,20H,1H2,2H3/b15-14+/t16-,19+/m1/s1. The predicted octanol–water partition coefficient (Wildman–Crippen LogP) is 4.41. The van der Waals surface area contributed by atoms with Crippen molar-refractivity contribution in [3.63, 3.8) is 0 Å². The molecule has 0 saturated carbocycles. The molecule has 1 N–H and O–H groups in total. The van der Waals surface area contributed by atoms with Gasteiger partial charge in [0.05, 0.1) is 0 Å². The molecule has 20 heavy (non-hydrogen) atoms. The second kappa shape index (κ2) is 6.36. The number of aliphatic hydroxyl groups is 1. The Kier molecular flexibility index (Phi) is 4.54. The highest BCUT2D eigenvalue weighted by atomic mass is 16.3. The molecule has 0 spiro atoms. The maximum Gasteiger partial charge on any atom is 0.114 e.